The summed E-state index contributed by atoms with van der Waals surface area (Å²) in [6, 6.07) is 13.4. The number of nitriles is 1. The highest BCUT2D eigenvalue weighted by Gasteiger charge is 2.24. The maximum atomic E-state index is 9.48. The van der Waals surface area contributed by atoms with Crippen molar-refractivity contribution in [1.82, 2.24) is 10.1 Å². The average molecular weight is 416 g/mol. The maximum absolute atomic E-state index is 9.48. The molecule has 0 saturated heterocycles. The van der Waals surface area contributed by atoms with Crippen molar-refractivity contribution in [2.45, 2.75) is 52.7 Å². The topological polar surface area (TPSA) is 93.5 Å². The molecule has 0 spiro atoms. The van der Waals surface area contributed by atoms with Gasteiger partial charge in [-0.05, 0) is 64.3 Å². The molecule has 0 atom stereocenters. The molecule has 7 nitrogen and oxygen atoms in total. The third kappa shape index (κ3) is 4.29. The Kier molecular flexibility index (Phi) is 5.72. The molecule has 0 amide bonds. The van der Waals surface area contributed by atoms with Gasteiger partial charge in [0.05, 0.1) is 17.4 Å². The zero-order valence-electron chi connectivity index (χ0n) is 18.0. The second-order valence-electron chi connectivity index (χ2n) is 7.94. The van der Waals surface area contributed by atoms with Crippen molar-refractivity contribution in [3.8, 4) is 34.7 Å². The normalized spacial score (nSPS) is 14.2. The highest BCUT2D eigenvalue weighted by atomic mass is 16.6. The smallest absolute Gasteiger partial charge is 0.258 e. The molecule has 0 bridgehead atoms. The van der Waals surface area contributed by atoms with E-state index in [1.165, 1.54) is 0 Å². The van der Waals surface area contributed by atoms with Crippen LogP contribution in [0.15, 0.2) is 46.1 Å². The molecule has 0 N–H and O–H groups in total. The molecular formula is C24H24N4O3. The Labute approximate surface area is 181 Å². The predicted octanol–water partition coefficient (Wildman–Crippen LogP) is 5.14. The van der Waals surface area contributed by atoms with Crippen molar-refractivity contribution >= 4 is 5.71 Å². The van der Waals surface area contributed by atoms with Crippen LogP contribution in [0.25, 0.3) is 22.8 Å². The lowest BCUT2D eigenvalue weighted by atomic mass is 10.0. The Morgan fingerprint density at radius 3 is 2.61 bits per heavy atom. The molecule has 0 aliphatic heterocycles. The molecule has 158 valence electrons. The minimum Gasteiger partial charge on any atom is -0.490 e. The van der Waals surface area contributed by atoms with Gasteiger partial charge in [-0.15, -0.1) is 0 Å². The molecule has 0 fully saturated rings. The first-order valence-electron chi connectivity index (χ1n) is 10.4. The van der Waals surface area contributed by atoms with Crippen LogP contribution in [-0.4, -0.2) is 28.1 Å². The molecular weight excluding hydrogens is 392 g/mol. The first kappa shape index (κ1) is 20.6. The van der Waals surface area contributed by atoms with E-state index in [0.717, 1.165) is 35.2 Å². The van der Waals surface area contributed by atoms with Crippen molar-refractivity contribution in [3.63, 3.8) is 0 Å². The second kappa shape index (κ2) is 8.60. The van der Waals surface area contributed by atoms with Gasteiger partial charge in [0.1, 0.15) is 17.9 Å². The predicted molar refractivity (Wildman–Crippen MR) is 117 cm³/mol. The second-order valence-corrected chi connectivity index (χ2v) is 7.94. The summed E-state index contributed by atoms with van der Waals surface area (Å²) in [6.45, 7) is 7.75. The Morgan fingerprint density at radius 1 is 1.06 bits per heavy atom. The van der Waals surface area contributed by atoms with Gasteiger partial charge in [0, 0.05) is 16.7 Å². The van der Waals surface area contributed by atoms with Gasteiger partial charge in [0.15, 0.2) is 0 Å². The van der Waals surface area contributed by atoms with Crippen LogP contribution < -0.4 is 4.74 Å². The first-order chi connectivity index (χ1) is 15.0. The summed E-state index contributed by atoms with van der Waals surface area (Å²) in [5, 5.41) is 18.0. The number of ether oxygens (including phenoxy) is 1. The van der Waals surface area contributed by atoms with Crippen molar-refractivity contribution in [3.05, 3.63) is 53.1 Å². The number of benzene rings is 2. The number of rotatable bonds is 6. The number of hydrogen-bond donors (Lipinski definition) is 0. The van der Waals surface area contributed by atoms with E-state index < -0.39 is 0 Å². The van der Waals surface area contributed by atoms with E-state index in [0.29, 0.717) is 28.6 Å². The van der Waals surface area contributed by atoms with Gasteiger partial charge < -0.3 is 14.1 Å². The molecule has 1 aliphatic carbocycles. The molecule has 31 heavy (non-hydrogen) atoms. The standard InChI is InChI=1S/C24H24N4O3/c1-14(2)29-22-11-8-16(12-17(22)13-25)24-26-23(28-31-24)20-7-5-6-19-18(20)9-10-21(19)27-30-15(3)4/h5-8,11-12,14-15H,9-10H2,1-4H3/b27-21-. The van der Waals surface area contributed by atoms with Crippen molar-refractivity contribution in [2.24, 2.45) is 5.16 Å². The van der Waals surface area contributed by atoms with Crippen molar-refractivity contribution < 1.29 is 14.1 Å². The molecule has 1 aromatic heterocycles. The molecule has 0 saturated carbocycles. The average Bonchev–Trinajstić information content (AvgIpc) is 3.39. The van der Waals surface area contributed by atoms with E-state index in [1.807, 2.05) is 52.0 Å². The van der Waals surface area contributed by atoms with Crippen LogP contribution in [0.3, 0.4) is 0 Å². The third-order valence-corrected chi connectivity index (χ3v) is 4.85. The Bertz CT molecular complexity index is 1170. The molecule has 7 heteroatoms. The quantitative estimate of drug-likeness (QED) is 0.517. The summed E-state index contributed by atoms with van der Waals surface area (Å²) in [5.74, 6) is 1.41. The van der Waals surface area contributed by atoms with E-state index in [-0.39, 0.29) is 12.2 Å². The van der Waals surface area contributed by atoms with Gasteiger partial charge in [-0.25, -0.2) is 0 Å². The third-order valence-electron chi connectivity index (χ3n) is 4.85. The molecule has 4 rings (SSSR count). The molecule has 0 radical (unpaired) electrons. The maximum Gasteiger partial charge on any atom is 0.258 e. The van der Waals surface area contributed by atoms with Gasteiger partial charge in [-0.3, -0.25) is 0 Å². The molecule has 3 aromatic rings. The molecule has 2 aromatic carbocycles. The Hall–Kier alpha value is -3.66. The fourth-order valence-electron chi connectivity index (χ4n) is 3.54. The summed E-state index contributed by atoms with van der Waals surface area (Å²) < 4.78 is 11.2. The van der Waals surface area contributed by atoms with Gasteiger partial charge in [-0.1, -0.05) is 28.5 Å². The Morgan fingerprint density at radius 2 is 1.87 bits per heavy atom. The van der Waals surface area contributed by atoms with Crippen LogP contribution in [0.5, 0.6) is 5.75 Å². The van der Waals surface area contributed by atoms with E-state index >= 15 is 0 Å². The van der Waals surface area contributed by atoms with Crippen LogP contribution in [0.2, 0.25) is 0 Å². The SMILES string of the molecule is CC(C)O/N=C1/CCc2c1cccc2-c1noc(-c2ccc(OC(C)C)c(C#N)c2)n1. The zero-order chi connectivity index (χ0) is 22.0. The lowest BCUT2D eigenvalue weighted by Crippen LogP contribution is -2.06. The van der Waals surface area contributed by atoms with Gasteiger partial charge in [-0.2, -0.15) is 10.2 Å². The lowest BCUT2D eigenvalue weighted by Gasteiger charge is -2.11. The summed E-state index contributed by atoms with van der Waals surface area (Å²) in [4.78, 5) is 10.0. The van der Waals surface area contributed by atoms with Gasteiger partial charge >= 0.3 is 0 Å². The van der Waals surface area contributed by atoms with Crippen LogP contribution >= 0.6 is 0 Å². The fourth-order valence-corrected chi connectivity index (χ4v) is 3.54. The van der Waals surface area contributed by atoms with Crippen LogP contribution in [-0.2, 0) is 11.3 Å². The van der Waals surface area contributed by atoms with Crippen molar-refractivity contribution in [1.29, 1.82) is 5.26 Å². The summed E-state index contributed by atoms with van der Waals surface area (Å²) in [6.07, 6.45) is 1.67. The van der Waals surface area contributed by atoms with Crippen molar-refractivity contribution in [2.75, 3.05) is 0 Å². The van der Waals surface area contributed by atoms with E-state index in [9.17, 15) is 5.26 Å². The van der Waals surface area contributed by atoms with E-state index in [2.05, 4.69) is 21.4 Å². The Balaban J connectivity index is 1.65. The lowest BCUT2D eigenvalue weighted by molar-refractivity contribution is 0.0858. The summed E-state index contributed by atoms with van der Waals surface area (Å²) >= 11 is 0. The largest absolute Gasteiger partial charge is 0.490 e. The monoisotopic (exact) mass is 416 g/mol. The van der Waals surface area contributed by atoms with E-state index in [4.69, 9.17) is 14.1 Å². The van der Waals surface area contributed by atoms with Crippen LogP contribution in [0.4, 0.5) is 0 Å². The molecule has 1 heterocycles. The number of oxime groups is 1. The summed E-state index contributed by atoms with van der Waals surface area (Å²) in [7, 11) is 0. The molecule has 1 aliphatic rings. The highest BCUT2D eigenvalue weighted by molar-refractivity contribution is 6.05. The number of nitrogens with zero attached hydrogens (tertiary/aromatic N) is 4. The van der Waals surface area contributed by atoms with E-state index in [1.54, 1.807) is 12.1 Å². The molecule has 0 unspecified atom stereocenters. The highest BCUT2D eigenvalue weighted by Crippen LogP contribution is 2.33. The number of aromatic nitrogens is 2. The zero-order valence-corrected chi connectivity index (χ0v) is 18.0. The number of fused-ring (bicyclic) bond motifs is 1. The minimum absolute atomic E-state index is 0.0208. The fraction of sp³-hybridized carbons (Fsp3) is 0.333. The van der Waals surface area contributed by atoms with Gasteiger partial charge in [0.2, 0.25) is 5.82 Å². The number of hydrogen-bond acceptors (Lipinski definition) is 7. The van der Waals surface area contributed by atoms with Gasteiger partial charge in [0.25, 0.3) is 5.89 Å². The van der Waals surface area contributed by atoms with Crippen LogP contribution in [0, 0.1) is 11.3 Å². The summed E-state index contributed by atoms with van der Waals surface area (Å²) in [5.41, 5.74) is 5.16. The minimum atomic E-state index is -0.0208. The first-order valence-corrected chi connectivity index (χ1v) is 10.4. The van der Waals surface area contributed by atoms with Crippen LogP contribution in [0.1, 0.15) is 50.8 Å².